The number of para-hydroxylation sites is 1. The first-order valence-corrected chi connectivity index (χ1v) is 9.44. The van der Waals surface area contributed by atoms with E-state index in [4.69, 9.17) is 4.74 Å². The predicted molar refractivity (Wildman–Crippen MR) is 99.6 cm³/mol. The molecule has 7 nitrogen and oxygen atoms in total. The highest BCUT2D eigenvalue weighted by Gasteiger charge is 2.42. The van der Waals surface area contributed by atoms with E-state index in [9.17, 15) is 19.5 Å². The summed E-state index contributed by atoms with van der Waals surface area (Å²) in [5.41, 5.74) is 1.94. The first-order valence-electron chi connectivity index (χ1n) is 9.44. The number of amides is 2. The zero-order valence-corrected chi connectivity index (χ0v) is 15.8. The molecule has 3 unspecified atom stereocenters. The second kappa shape index (κ2) is 8.08. The molecule has 1 aromatic carbocycles. The summed E-state index contributed by atoms with van der Waals surface area (Å²) >= 11 is 0. The molecule has 2 aliphatic rings. The van der Waals surface area contributed by atoms with Gasteiger partial charge in [-0.1, -0.05) is 32.0 Å². The largest absolute Gasteiger partial charge is 0.480 e. The van der Waals surface area contributed by atoms with Crippen LogP contribution in [0.5, 0.6) is 0 Å². The Kier molecular flexibility index (Phi) is 5.79. The summed E-state index contributed by atoms with van der Waals surface area (Å²) in [4.78, 5) is 40.1. The van der Waals surface area contributed by atoms with Gasteiger partial charge in [0.1, 0.15) is 0 Å². The molecule has 1 aromatic rings. The van der Waals surface area contributed by atoms with Gasteiger partial charge in [-0.25, -0.2) is 4.79 Å². The SMILES string of the molecule is CCC(C)c1ccccc1N1CC(C(=O)N2CCOCC2C(=O)O)CC1=O. The highest BCUT2D eigenvalue weighted by Crippen LogP contribution is 2.34. The molecule has 1 N–H and O–H groups in total. The van der Waals surface area contributed by atoms with E-state index < -0.39 is 17.9 Å². The van der Waals surface area contributed by atoms with E-state index in [0.29, 0.717) is 12.5 Å². The van der Waals surface area contributed by atoms with Gasteiger partial charge in [0.05, 0.1) is 19.1 Å². The zero-order chi connectivity index (χ0) is 19.6. The minimum Gasteiger partial charge on any atom is -0.480 e. The Hall–Kier alpha value is -2.41. The topological polar surface area (TPSA) is 87.2 Å². The van der Waals surface area contributed by atoms with Crippen molar-refractivity contribution in [3.05, 3.63) is 29.8 Å². The van der Waals surface area contributed by atoms with Crippen LogP contribution in [0.4, 0.5) is 5.69 Å². The average Bonchev–Trinajstić information content (AvgIpc) is 3.08. The van der Waals surface area contributed by atoms with Crippen LogP contribution in [0.3, 0.4) is 0 Å². The van der Waals surface area contributed by atoms with Gasteiger partial charge in [-0.15, -0.1) is 0 Å². The Morgan fingerprint density at radius 2 is 2.07 bits per heavy atom. The van der Waals surface area contributed by atoms with Gasteiger partial charge in [-0.3, -0.25) is 9.59 Å². The lowest BCUT2D eigenvalue weighted by Crippen LogP contribution is -2.54. The highest BCUT2D eigenvalue weighted by atomic mass is 16.5. The summed E-state index contributed by atoms with van der Waals surface area (Å²) in [6, 6.07) is 6.81. The molecule has 0 spiro atoms. The number of carboxylic acid groups (broad SMARTS) is 1. The summed E-state index contributed by atoms with van der Waals surface area (Å²) in [6.07, 6.45) is 1.06. The maximum atomic E-state index is 12.9. The molecule has 2 aliphatic heterocycles. The van der Waals surface area contributed by atoms with Gasteiger partial charge in [0, 0.05) is 25.2 Å². The lowest BCUT2D eigenvalue weighted by Gasteiger charge is -2.34. The third-order valence-corrected chi connectivity index (χ3v) is 5.54. The normalized spacial score (nSPS) is 24.1. The minimum atomic E-state index is -1.08. The van der Waals surface area contributed by atoms with E-state index in [1.165, 1.54) is 4.90 Å². The van der Waals surface area contributed by atoms with Crippen molar-refractivity contribution in [1.82, 2.24) is 4.90 Å². The van der Waals surface area contributed by atoms with E-state index in [1.807, 2.05) is 24.3 Å². The predicted octanol–water partition coefficient (Wildman–Crippen LogP) is 1.86. The molecular formula is C20H26N2O5. The smallest absolute Gasteiger partial charge is 0.328 e. The van der Waals surface area contributed by atoms with Crippen molar-refractivity contribution in [2.24, 2.45) is 5.92 Å². The molecule has 3 atom stereocenters. The number of morpholine rings is 1. The van der Waals surface area contributed by atoms with E-state index in [1.54, 1.807) is 4.90 Å². The van der Waals surface area contributed by atoms with Gasteiger partial charge < -0.3 is 19.6 Å². The third kappa shape index (κ3) is 3.83. The quantitative estimate of drug-likeness (QED) is 0.850. The molecule has 0 aliphatic carbocycles. The molecule has 2 saturated heterocycles. The molecule has 3 rings (SSSR count). The number of carbonyl (C=O) groups is 3. The van der Waals surface area contributed by atoms with Crippen molar-refractivity contribution in [3.63, 3.8) is 0 Å². The maximum absolute atomic E-state index is 12.9. The summed E-state index contributed by atoms with van der Waals surface area (Å²) in [5, 5.41) is 9.36. The standard InChI is InChI=1S/C20H26N2O5/c1-3-13(2)15-6-4-5-7-16(15)22-11-14(10-18(22)23)19(24)21-8-9-27-12-17(21)20(25)26/h4-7,13-14,17H,3,8-12H2,1-2H3,(H,25,26). The number of rotatable bonds is 5. The number of aliphatic carboxylic acids is 1. The Morgan fingerprint density at radius 1 is 1.33 bits per heavy atom. The van der Waals surface area contributed by atoms with Crippen LogP contribution in [0, 0.1) is 5.92 Å². The number of benzene rings is 1. The zero-order valence-electron chi connectivity index (χ0n) is 15.8. The molecule has 7 heteroatoms. The fourth-order valence-corrected chi connectivity index (χ4v) is 3.78. The molecule has 0 saturated carbocycles. The Balaban J connectivity index is 1.80. The van der Waals surface area contributed by atoms with E-state index in [-0.39, 0.29) is 37.9 Å². The monoisotopic (exact) mass is 374 g/mol. The number of hydrogen-bond acceptors (Lipinski definition) is 4. The fourth-order valence-electron chi connectivity index (χ4n) is 3.78. The van der Waals surface area contributed by atoms with E-state index >= 15 is 0 Å². The van der Waals surface area contributed by atoms with Crippen LogP contribution in [-0.4, -0.2) is 60.1 Å². The molecule has 27 heavy (non-hydrogen) atoms. The van der Waals surface area contributed by atoms with Crippen LogP contribution >= 0.6 is 0 Å². The molecule has 0 aromatic heterocycles. The Labute approximate surface area is 158 Å². The number of ether oxygens (including phenoxy) is 1. The molecule has 0 bridgehead atoms. The third-order valence-electron chi connectivity index (χ3n) is 5.54. The molecule has 2 amide bonds. The van der Waals surface area contributed by atoms with Crippen molar-refractivity contribution >= 4 is 23.5 Å². The van der Waals surface area contributed by atoms with Gasteiger partial charge in [0.25, 0.3) is 0 Å². The van der Waals surface area contributed by atoms with Crippen LogP contribution in [0.2, 0.25) is 0 Å². The number of nitrogens with zero attached hydrogens (tertiary/aromatic N) is 2. The van der Waals surface area contributed by atoms with E-state index in [0.717, 1.165) is 17.7 Å². The van der Waals surface area contributed by atoms with Crippen molar-refractivity contribution in [2.45, 2.75) is 38.6 Å². The first-order chi connectivity index (χ1) is 12.9. The van der Waals surface area contributed by atoms with Crippen molar-refractivity contribution in [1.29, 1.82) is 0 Å². The van der Waals surface area contributed by atoms with Gasteiger partial charge in [0.15, 0.2) is 6.04 Å². The first kappa shape index (κ1) is 19.4. The summed E-state index contributed by atoms with van der Waals surface area (Å²) in [6.45, 7) is 5.05. The van der Waals surface area contributed by atoms with Crippen LogP contribution in [0.15, 0.2) is 24.3 Å². The van der Waals surface area contributed by atoms with Gasteiger partial charge >= 0.3 is 5.97 Å². The van der Waals surface area contributed by atoms with Crippen LogP contribution in [0.1, 0.15) is 38.2 Å². The molecule has 146 valence electrons. The number of carbonyl (C=O) groups excluding carboxylic acids is 2. The number of hydrogen-bond donors (Lipinski definition) is 1. The number of anilines is 1. The second-order valence-electron chi connectivity index (χ2n) is 7.23. The fraction of sp³-hybridized carbons (Fsp3) is 0.550. The number of carboxylic acids is 1. The van der Waals surface area contributed by atoms with Crippen molar-refractivity contribution in [2.75, 3.05) is 31.2 Å². The van der Waals surface area contributed by atoms with Crippen LogP contribution in [-0.2, 0) is 19.1 Å². The maximum Gasteiger partial charge on any atom is 0.328 e. The highest BCUT2D eigenvalue weighted by molar-refractivity contribution is 6.01. The summed E-state index contributed by atoms with van der Waals surface area (Å²) in [5.74, 6) is -1.67. The Bertz CT molecular complexity index is 735. The van der Waals surface area contributed by atoms with E-state index in [2.05, 4.69) is 13.8 Å². The van der Waals surface area contributed by atoms with Crippen molar-refractivity contribution < 1.29 is 24.2 Å². The molecule has 2 fully saturated rings. The summed E-state index contributed by atoms with van der Waals surface area (Å²) in [7, 11) is 0. The summed E-state index contributed by atoms with van der Waals surface area (Å²) < 4.78 is 5.20. The lowest BCUT2D eigenvalue weighted by molar-refractivity contribution is -0.160. The molecule has 0 radical (unpaired) electrons. The van der Waals surface area contributed by atoms with Crippen LogP contribution in [0.25, 0.3) is 0 Å². The molecular weight excluding hydrogens is 348 g/mol. The van der Waals surface area contributed by atoms with Crippen LogP contribution < -0.4 is 4.90 Å². The molecule has 2 heterocycles. The van der Waals surface area contributed by atoms with Gasteiger partial charge in [-0.2, -0.15) is 0 Å². The van der Waals surface area contributed by atoms with Gasteiger partial charge in [-0.05, 0) is 24.0 Å². The van der Waals surface area contributed by atoms with Gasteiger partial charge in [0.2, 0.25) is 11.8 Å². The Morgan fingerprint density at radius 3 is 2.78 bits per heavy atom. The van der Waals surface area contributed by atoms with Crippen molar-refractivity contribution in [3.8, 4) is 0 Å². The average molecular weight is 374 g/mol. The lowest BCUT2D eigenvalue weighted by atomic mass is 9.96. The minimum absolute atomic E-state index is 0.0116. The second-order valence-corrected chi connectivity index (χ2v) is 7.23.